The van der Waals surface area contributed by atoms with Crippen molar-refractivity contribution in [2.75, 3.05) is 5.32 Å². The average Bonchev–Trinajstić information content (AvgIpc) is 2.88. The lowest BCUT2D eigenvalue weighted by Gasteiger charge is -2.10. The van der Waals surface area contributed by atoms with E-state index >= 15 is 0 Å². The van der Waals surface area contributed by atoms with Crippen LogP contribution in [0.1, 0.15) is 21.9 Å². The minimum absolute atomic E-state index is 0.00795. The lowest BCUT2D eigenvalue weighted by atomic mass is 10.2. The minimum atomic E-state index is -4.50. The van der Waals surface area contributed by atoms with Gasteiger partial charge >= 0.3 is 6.18 Å². The Hall–Kier alpha value is -1.99. The summed E-state index contributed by atoms with van der Waals surface area (Å²) in [5.41, 5.74) is 4.51. The second kappa shape index (κ2) is 5.79. The van der Waals surface area contributed by atoms with E-state index in [1.807, 2.05) is 0 Å². The van der Waals surface area contributed by atoms with Crippen LogP contribution in [0.2, 0.25) is 5.02 Å². The smallest absolute Gasteiger partial charge is 0.416 e. The molecule has 2 rings (SSSR count). The molecule has 0 aliphatic carbocycles. The van der Waals surface area contributed by atoms with Crippen molar-refractivity contribution in [2.45, 2.75) is 12.7 Å². The highest BCUT2D eigenvalue weighted by Gasteiger charge is 2.31. The van der Waals surface area contributed by atoms with Gasteiger partial charge in [-0.05, 0) is 30.3 Å². The van der Waals surface area contributed by atoms with Crippen molar-refractivity contribution in [1.82, 2.24) is 0 Å². The summed E-state index contributed by atoms with van der Waals surface area (Å²) in [7, 11) is 0. The van der Waals surface area contributed by atoms with Crippen LogP contribution in [0.5, 0.6) is 0 Å². The second-order valence-corrected chi connectivity index (χ2v) is 4.52. The molecule has 21 heavy (non-hydrogen) atoms. The number of carbonyl (C=O) groups is 1. The topological polar surface area (TPSA) is 68.3 Å². The maximum atomic E-state index is 12.5. The number of hydrogen-bond donors (Lipinski definition) is 2. The van der Waals surface area contributed by atoms with Gasteiger partial charge in [0.15, 0.2) is 5.76 Å². The first-order valence-electron chi connectivity index (χ1n) is 5.78. The zero-order valence-corrected chi connectivity index (χ0v) is 11.3. The van der Waals surface area contributed by atoms with Crippen LogP contribution in [0.3, 0.4) is 0 Å². The zero-order chi connectivity index (χ0) is 15.6. The van der Waals surface area contributed by atoms with Crippen LogP contribution in [-0.2, 0) is 12.7 Å². The number of amides is 1. The Bertz CT molecular complexity index is 668. The summed E-state index contributed by atoms with van der Waals surface area (Å²) in [6, 6.07) is 5.59. The van der Waals surface area contributed by atoms with Gasteiger partial charge in [-0.25, -0.2) is 0 Å². The predicted octanol–water partition coefficient (Wildman–Crippen LogP) is 3.66. The average molecular weight is 319 g/mol. The number of alkyl halides is 3. The number of halogens is 4. The third-order valence-electron chi connectivity index (χ3n) is 2.63. The van der Waals surface area contributed by atoms with Crippen LogP contribution in [0, 0.1) is 0 Å². The number of anilines is 1. The van der Waals surface area contributed by atoms with E-state index in [0.29, 0.717) is 5.76 Å². The summed E-state index contributed by atoms with van der Waals surface area (Å²) in [5, 5.41) is 2.15. The minimum Gasteiger partial charge on any atom is -0.455 e. The van der Waals surface area contributed by atoms with Crippen molar-refractivity contribution in [3.8, 4) is 0 Å². The summed E-state index contributed by atoms with van der Waals surface area (Å²) >= 11 is 5.73. The van der Waals surface area contributed by atoms with Gasteiger partial charge in [0.2, 0.25) is 0 Å². The largest absolute Gasteiger partial charge is 0.455 e. The highest BCUT2D eigenvalue weighted by Crippen LogP contribution is 2.33. The number of nitrogens with two attached hydrogens (primary N) is 1. The van der Waals surface area contributed by atoms with Gasteiger partial charge in [-0.15, -0.1) is 0 Å². The van der Waals surface area contributed by atoms with Crippen molar-refractivity contribution in [1.29, 1.82) is 0 Å². The molecule has 0 atom stereocenters. The summed E-state index contributed by atoms with van der Waals surface area (Å²) in [5.74, 6) is -0.221. The van der Waals surface area contributed by atoms with Crippen LogP contribution < -0.4 is 11.1 Å². The van der Waals surface area contributed by atoms with Crippen molar-refractivity contribution < 1.29 is 22.4 Å². The van der Waals surface area contributed by atoms with Gasteiger partial charge in [0.05, 0.1) is 22.8 Å². The first kappa shape index (κ1) is 15.4. The van der Waals surface area contributed by atoms with E-state index in [2.05, 4.69) is 5.32 Å². The molecule has 112 valence electrons. The molecule has 0 aliphatic rings. The lowest BCUT2D eigenvalue weighted by molar-refractivity contribution is -0.137. The van der Waals surface area contributed by atoms with Crippen LogP contribution in [0.25, 0.3) is 0 Å². The number of hydrogen-bond acceptors (Lipinski definition) is 3. The van der Waals surface area contributed by atoms with Crippen molar-refractivity contribution >= 4 is 23.2 Å². The quantitative estimate of drug-likeness (QED) is 0.907. The molecule has 4 nitrogen and oxygen atoms in total. The highest BCUT2D eigenvalue weighted by atomic mass is 35.5. The van der Waals surface area contributed by atoms with E-state index in [1.165, 1.54) is 12.1 Å². The Kier molecular flexibility index (Phi) is 4.24. The number of benzene rings is 1. The summed E-state index contributed by atoms with van der Waals surface area (Å²) in [6.07, 6.45) is -4.50. The second-order valence-electron chi connectivity index (χ2n) is 4.12. The van der Waals surface area contributed by atoms with Crippen molar-refractivity contribution in [2.24, 2.45) is 5.73 Å². The van der Waals surface area contributed by atoms with Crippen LogP contribution in [-0.4, -0.2) is 5.91 Å². The van der Waals surface area contributed by atoms with Crippen LogP contribution in [0.15, 0.2) is 34.7 Å². The van der Waals surface area contributed by atoms with E-state index in [0.717, 1.165) is 18.2 Å². The standard InChI is InChI=1S/C13H10ClF3N2O2/c14-9-5-7(13(15,16)17)1-3-10(9)19-12(20)11-4-2-8(6-18)21-11/h1-5H,6,18H2,(H,19,20). The van der Waals surface area contributed by atoms with Gasteiger partial charge in [-0.2, -0.15) is 13.2 Å². The molecule has 0 spiro atoms. The fraction of sp³-hybridized carbons (Fsp3) is 0.154. The van der Waals surface area contributed by atoms with E-state index < -0.39 is 17.6 Å². The van der Waals surface area contributed by atoms with Gasteiger partial charge in [0.25, 0.3) is 5.91 Å². The van der Waals surface area contributed by atoms with Gasteiger partial charge < -0.3 is 15.5 Å². The van der Waals surface area contributed by atoms with E-state index in [-0.39, 0.29) is 23.0 Å². The SMILES string of the molecule is NCc1ccc(C(=O)Nc2ccc(C(F)(F)F)cc2Cl)o1. The molecule has 0 aliphatic heterocycles. The number of carbonyl (C=O) groups excluding carboxylic acids is 1. The maximum Gasteiger partial charge on any atom is 0.416 e. The molecule has 8 heteroatoms. The lowest BCUT2D eigenvalue weighted by Crippen LogP contribution is -2.12. The van der Waals surface area contributed by atoms with E-state index in [1.54, 1.807) is 0 Å². The first-order valence-corrected chi connectivity index (χ1v) is 6.16. The molecule has 1 aromatic carbocycles. The molecule has 3 N–H and O–H groups in total. The molecule has 1 aromatic heterocycles. The maximum absolute atomic E-state index is 12.5. The monoisotopic (exact) mass is 318 g/mol. The number of rotatable bonds is 3. The fourth-order valence-electron chi connectivity index (χ4n) is 1.59. The Balaban J connectivity index is 2.18. The molecule has 0 saturated carbocycles. The molecular weight excluding hydrogens is 309 g/mol. The molecule has 0 radical (unpaired) electrons. The van der Waals surface area contributed by atoms with Crippen LogP contribution >= 0.6 is 11.6 Å². The number of furan rings is 1. The van der Waals surface area contributed by atoms with Crippen molar-refractivity contribution in [3.63, 3.8) is 0 Å². The van der Waals surface area contributed by atoms with Gasteiger partial charge in [-0.1, -0.05) is 11.6 Å². The first-order chi connectivity index (χ1) is 9.81. The molecular formula is C13H10ClF3N2O2. The highest BCUT2D eigenvalue weighted by molar-refractivity contribution is 6.34. The Labute approximate surface area is 122 Å². The summed E-state index contributed by atoms with van der Waals surface area (Å²) in [6.45, 7) is 0.133. The Morgan fingerprint density at radius 3 is 2.52 bits per heavy atom. The van der Waals surface area contributed by atoms with Gasteiger partial charge in [0.1, 0.15) is 5.76 Å². The summed E-state index contributed by atoms with van der Waals surface area (Å²) in [4.78, 5) is 11.9. The number of nitrogens with one attached hydrogen (secondary N) is 1. The molecule has 2 aromatic rings. The normalized spacial score (nSPS) is 11.5. The Morgan fingerprint density at radius 1 is 1.29 bits per heavy atom. The summed E-state index contributed by atoms with van der Waals surface area (Å²) < 4.78 is 42.6. The molecule has 1 heterocycles. The molecule has 1 amide bonds. The molecule has 0 unspecified atom stereocenters. The Morgan fingerprint density at radius 2 is 2.00 bits per heavy atom. The third kappa shape index (κ3) is 3.56. The molecule has 0 fully saturated rings. The zero-order valence-electron chi connectivity index (χ0n) is 10.5. The van der Waals surface area contributed by atoms with Gasteiger partial charge in [0, 0.05) is 0 Å². The fourth-order valence-corrected chi connectivity index (χ4v) is 1.81. The van der Waals surface area contributed by atoms with Crippen LogP contribution in [0.4, 0.5) is 18.9 Å². The third-order valence-corrected chi connectivity index (χ3v) is 2.94. The van der Waals surface area contributed by atoms with Gasteiger partial charge in [-0.3, -0.25) is 4.79 Å². The molecule has 0 saturated heterocycles. The molecule has 0 bridgehead atoms. The van der Waals surface area contributed by atoms with E-state index in [9.17, 15) is 18.0 Å². The van der Waals surface area contributed by atoms with Crippen molar-refractivity contribution in [3.05, 3.63) is 52.4 Å². The predicted molar refractivity (Wildman–Crippen MR) is 71.0 cm³/mol. The van der Waals surface area contributed by atoms with E-state index in [4.69, 9.17) is 21.8 Å².